The molecule has 0 bridgehead atoms. The van der Waals surface area contributed by atoms with Gasteiger partial charge in [0.2, 0.25) is 0 Å². The second-order valence-electron chi connectivity index (χ2n) is 5.98. The molecule has 0 fully saturated rings. The summed E-state index contributed by atoms with van der Waals surface area (Å²) in [6.45, 7) is 0. The van der Waals surface area contributed by atoms with Crippen LogP contribution < -0.4 is 4.90 Å². The number of nitrogens with zero attached hydrogens (tertiary/aromatic N) is 3. The lowest BCUT2D eigenvalue weighted by atomic mass is 10.1. The van der Waals surface area contributed by atoms with Gasteiger partial charge in [0.25, 0.3) is 5.91 Å². The van der Waals surface area contributed by atoms with E-state index in [1.165, 1.54) is 0 Å². The first kappa shape index (κ1) is 17.1. The van der Waals surface area contributed by atoms with Crippen LogP contribution in [0.2, 0.25) is 0 Å². The van der Waals surface area contributed by atoms with Gasteiger partial charge in [-0.2, -0.15) is 5.26 Å². The molecule has 130 valence electrons. The van der Waals surface area contributed by atoms with Gasteiger partial charge in [0, 0.05) is 11.3 Å². The fraction of sp³-hybridized carbons (Fsp3) is 0.0455. The third-order valence-corrected chi connectivity index (χ3v) is 5.21. The smallest absolute Gasteiger partial charge is 0.264 e. The van der Waals surface area contributed by atoms with Crippen LogP contribution in [-0.2, 0) is 5.75 Å². The molecule has 0 spiro atoms. The van der Waals surface area contributed by atoms with Gasteiger partial charge in [-0.05, 0) is 48.0 Å². The van der Waals surface area contributed by atoms with E-state index in [1.54, 1.807) is 40.9 Å². The van der Waals surface area contributed by atoms with Crippen molar-refractivity contribution >= 4 is 34.2 Å². The minimum atomic E-state index is -0.158. The minimum absolute atomic E-state index is 0.158. The van der Waals surface area contributed by atoms with Crippen molar-refractivity contribution in [2.45, 2.75) is 5.75 Å². The average molecular weight is 369 g/mol. The van der Waals surface area contributed by atoms with Crippen LogP contribution in [0.5, 0.6) is 0 Å². The first-order chi connectivity index (χ1) is 13.3. The highest BCUT2D eigenvalue weighted by atomic mass is 32.2. The highest BCUT2D eigenvalue weighted by Gasteiger charge is 2.29. The van der Waals surface area contributed by atoms with Gasteiger partial charge in [-0.25, -0.2) is 4.99 Å². The molecule has 0 saturated heterocycles. The van der Waals surface area contributed by atoms with E-state index in [9.17, 15) is 4.79 Å². The van der Waals surface area contributed by atoms with E-state index in [2.05, 4.69) is 6.07 Å². The third-order valence-electron chi connectivity index (χ3n) is 4.23. The lowest BCUT2D eigenvalue weighted by Crippen LogP contribution is -2.38. The Morgan fingerprint density at radius 1 is 0.963 bits per heavy atom. The molecule has 1 aliphatic heterocycles. The Bertz CT molecular complexity index is 1050. The monoisotopic (exact) mass is 369 g/mol. The lowest BCUT2D eigenvalue weighted by molar-refractivity contribution is 0.100. The van der Waals surface area contributed by atoms with Gasteiger partial charge in [0.1, 0.15) is 0 Å². The maximum Gasteiger partial charge on any atom is 0.264 e. The van der Waals surface area contributed by atoms with Gasteiger partial charge in [0.05, 0.1) is 23.0 Å². The van der Waals surface area contributed by atoms with E-state index in [1.807, 2.05) is 54.6 Å². The Morgan fingerprint density at radius 2 is 1.67 bits per heavy atom. The number of nitriles is 1. The van der Waals surface area contributed by atoms with Gasteiger partial charge in [-0.1, -0.05) is 48.2 Å². The zero-order valence-corrected chi connectivity index (χ0v) is 15.2. The number of fused-ring (bicyclic) bond motifs is 1. The SMILES string of the molecule is N#Cc1ccc(C(=O)N2C(=Nc3ccccc3)SCc3ccccc32)cc1. The molecule has 0 atom stereocenters. The lowest BCUT2D eigenvalue weighted by Gasteiger charge is -2.30. The second-order valence-corrected chi connectivity index (χ2v) is 6.92. The molecule has 5 heteroatoms. The molecular formula is C22H15N3OS. The number of aliphatic imine (C=N–C) groups is 1. The standard InChI is InChI=1S/C22H15N3OS/c23-14-16-10-12-17(13-11-16)21(26)25-20-9-5-4-6-18(20)15-27-22(25)24-19-7-2-1-3-8-19/h1-13H,15H2. The molecule has 3 aromatic rings. The van der Waals surface area contributed by atoms with Crippen molar-refractivity contribution in [3.05, 3.63) is 95.6 Å². The van der Waals surface area contributed by atoms with Crippen LogP contribution in [0.4, 0.5) is 11.4 Å². The number of thioether (sulfide) groups is 1. The molecule has 0 N–H and O–H groups in total. The molecule has 0 aliphatic carbocycles. The maximum absolute atomic E-state index is 13.3. The molecule has 0 radical (unpaired) electrons. The van der Waals surface area contributed by atoms with E-state index >= 15 is 0 Å². The molecule has 27 heavy (non-hydrogen) atoms. The summed E-state index contributed by atoms with van der Waals surface area (Å²) in [5, 5.41) is 9.63. The van der Waals surface area contributed by atoms with Crippen LogP contribution in [0, 0.1) is 11.3 Å². The summed E-state index contributed by atoms with van der Waals surface area (Å²) in [7, 11) is 0. The number of amidine groups is 1. The number of anilines is 1. The number of carbonyl (C=O) groups excluding carboxylic acids is 1. The number of hydrogen-bond acceptors (Lipinski definition) is 4. The van der Waals surface area contributed by atoms with Crippen molar-refractivity contribution in [2.75, 3.05) is 4.90 Å². The van der Waals surface area contributed by atoms with Crippen molar-refractivity contribution in [3.63, 3.8) is 0 Å². The molecular weight excluding hydrogens is 354 g/mol. The van der Waals surface area contributed by atoms with Crippen LogP contribution in [0.3, 0.4) is 0 Å². The van der Waals surface area contributed by atoms with Gasteiger partial charge in [-0.15, -0.1) is 0 Å². The van der Waals surface area contributed by atoms with E-state index in [4.69, 9.17) is 10.3 Å². The zero-order chi connectivity index (χ0) is 18.6. The van der Waals surface area contributed by atoms with Crippen LogP contribution >= 0.6 is 11.8 Å². The van der Waals surface area contributed by atoms with Crippen molar-refractivity contribution in [1.29, 1.82) is 5.26 Å². The summed E-state index contributed by atoms with van der Waals surface area (Å²) < 4.78 is 0. The Kier molecular flexibility index (Phi) is 4.73. The largest absolute Gasteiger partial charge is 0.268 e. The van der Waals surface area contributed by atoms with Crippen molar-refractivity contribution < 1.29 is 4.79 Å². The topological polar surface area (TPSA) is 56.5 Å². The Morgan fingerprint density at radius 3 is 2.41 bits per heavy atom. The minimum Gasteiger partial charge on any atom is -0.268 e. The van der Waals surface area contributed by atoms with Crippen LogP contribution in [0.1, 0.15) is 21.5 Å². The summed E-state index contributed by atoms with van der Waals surface area (Å²) >= 11 is 1.54. The zero-order valence-electron chi connectivity index (χ0n) is 14.4. The predicted molar refractivity (Wildman–Crippen MR) is 109 cm³/mol. The molecule has 0 saturated carbocycles. The number of carbonyl (C=O) groups is 1. The second kappa shape index (κ2) is 7.48. The molecule has 1 aliphatic rings. The van der Waals surface area contributed by atoms with Crippen molar-refractivity contribution in [2.24, 2.45) is 4.99 Å². The van der Waals surface area contributed by atoms with Crippen LogP contribution in [0.25, 0.3) is 0 Å². The summed E-state index contributed by atoms with van der Waals surface area (Å²) in [6, 6.07) is 26.2. The molecule has 1 heterocycles. The van der Waals surface area contributed by atoms with Gasteiger partial charge < -0.3 is 0 Å². The molecule has 0 aromatic heterocycles. The predicted octanol–water partition coefficient (Wildman–Crippen LogP) is 5.14. The van der Waals surface area contributed by atoms with Crippen LogP contribution in [0.15, 0.2) is 83.9 Å². The first-order valence-electron chi connectivity index (χ1n) is 8.45. The normalized spacial score (nSPS) is 14.5. The van der Waals surface area contributed by atoms with Gasteiger partial charge >= 0.3 is 0 Å². The highest BCUT2D eigenvalue weighted by molar-refractivity contribution is 8.13. The van der Waals surface area contributed by atoms with Crippen molar-refractivity contribution in [1.82, 2.24) is 0 Å². The fourth-order valence-corrected chi connectivity index (χ4v) is 3.88. The molecule has 1 amide bonds. The van der Waals surface area contributed by atoms with Crippen LogP contribution in [-0.4, -0.2) is 11.1 Å². The quantitative estimate of drug-likeness (QED) is 0.628. The Labute approximate surface area is 161 Å². The highest BCUT2D eigenvalue weighted by Crippen LogP contribution is 2.35. The Hall–Kier alpha value is -3.36. The number of amides is 1. The number of benzene rings is 3. The molecule has 4 rings (SSSR count). The van der Waals surface area contributed by atoms with E-state index in [0.29, 0.717) is 16.3 Å². The first-order valence-corrected chi connectivity index (χ1v) is 9.44. The molecule has 4 nitrogen and oxygen atoms in total. The van der Waals surface area contributed by atoms with Crippen molar-refractivity contribution in [3.8, 4) is 6.07 Å². The fourth-order valence-electron chi connectivity index (χ4n) is 2.87. The third kappa shape index (κ3) is 3.48. The number of para-hydroxylation sites is 2. The number of rotatable bonds is 2. The summed E-state index contributed by atoms with van der Waals surface area (Å²) in [4.78, 5) is 19.7. The number of hydrogen-bond donors (Lipinski definition) is 0. The van der Waals surface area contributed by atoms with E-state index in [-0.39, 0.29) is 5.91 Å². The summed E-state index contributed by atoms with van der Waals surface area (Å²) in [6.07, 6.45) is 0. The van der Waals surface area contributed by atoms with Gasteiger partial charge in [-0.3, -0.25) is 9.69 Å². The van der Waals surface area contributed by atoms with E-state index < -0.39 is 0 Å². The Balaban J connectivity index is 1.79. The summed E-state index contributed by atoms with van der Waals surface area (Å²) in [5.74, 6) is 0.604. The average Bonchev–Trinajstić information content (AvgIpc) is 2.74. The summed E-state index contributed by atoms with van der Waals surface area (Å²) in [5.41, 5.74) is 3.79. The molecule has 0 unspecified atom stereocenters. The van der Waals surface area contributed by atoms with E-state index in [0.717, 1.165) is 22.7 Å². The molecule has 3 aromatic carbocycles. The van der Waals surface area contributed by atoms with Gasteiger partial charge in [0.15, 0.2) is 5.17 Å². The maximum atomic E-state index is 13.3.